The Morgan fingerprint density at radius 3 is 2.77 bits per heavy atom. The average Bonchev–Trinajstić information content (AvgIpc) is 3.23. The van der Waals surface area contributed by atoms with Crippen LogP contribution in [-0.4, -0.2) is 32.4 Å². The zero-order chi connectivity index (χ0) is 21.4. The Balaban J connectivity index is 1.72. The molecule has 7 heteroatoms. The van der Waals surface area contributed by atoms with Crippen LogP contribution >= 0.6 is 11.6 Å². The van der Waals surface area contributed by atoms with E-state index in [1.54, 1.807) is 0 Å². The van der Waals surface area contributed by atoms with Crippen molar-refractivity contribution in [3.05, 3.63) is 46.2 Å². The van der Waals surface area contributed by atoms with E-state index in [0.717, 1.165) is 67.6 Å². The molecule has 0 spiro atoms. The minimum Gasteiger partial charge on any atom is -0.351 e. The van der Waals surface area contributed by atoms with E-state index in [4.69, 9.17) is 16.7 Å². The number of rotatable bonds is 6. The van der Waals surface area contributed by atoms with E-state index in [-0.39, 0.29) is 0 Å². The van der Waals surface area contributed by atoms with E-state index in [9.17, 15) is 0 Å². The van der Waals surface area contributed by atoms with Gasteiger partial charge in [-0.05, 0) is 44.1 Å². The Kier molecular flexibility index (Phi) is 5.96. The van der Waals surface area contributed by atoms with Crippen molar-refractivity contribution in [2.75, 3.05) is 22.9 Å². The minimum atomic E-state index is 0.489. The number of hydrogen-bond donors (Lipinski definition) is 0. The van der Waals surface area contributed by atoms with E-state index in [2.05, 4.69) is 59.6 Å². The van der Waals surface area contributed by atoms with Gasteiger partial charge >= 0.3 is 0 Å². The van der Waals surface area contributed by atoms with Gasteiger partial charge in [0.2, 0.25) is 0 Å². The predicted molar refractivity (Wildman–Crippen MR) is 124 cm³/mol. The van der Waals surface area contributed by atoms with Crippen molar-refractivity contribution in [1.82, 2.24) is 19.3 Å². The van der Waals surface area contributed by atoms with Gasteiger partial charge in [-0.25, -0.2) is 4.98 Å². The lowest BCUT2D eigenvalue weighted by Gasteiger charge is -2.34. The normalized spacial score (nSPS) is 19.2. The molecule has 4 rings (SSSR count). The fourth-order valence-corrected chi connectivity index (χ4v) is 5.40. The number of aryl methyl sites for hydroxylation is 2. The first-order valence-electron chi connectivity index (χ1n) is 11.0. The van der Waals surface area contributed by atoms with E-state index in [1.807, 2.05) is 17.9 Å². The summed E-state index contributed by atoms with van der Waals surface area (Å²) in [6.45, 7) is 9.35. The fourth-order valence-electron chi connectivity index (χ4n) is 4.91. The second-order valence-electron chi connectivity index (χ2n) is 8.74. The molecule has 1 aliphatic heterocycles. The number of hydrogen-bond acceptors (Lipinski definition) is 4. The summed E-state index contributed by atoms with van der Waals surface area (Å²) in [7, 11) is 4.08. The van der Waals surface area contributed by atoms with Gasteiger partial charge in [0.1, 0.15) is 5.82 Å². The molecule has 0 amide bonds. The largest absolute Gasteiger partial charge is 0.351 e. The van der Waals surface area contributed by atoms with Gasteiger partial charge in [0.15, 0.2) is 5.82 Å². The third kappa shape index (κ3) is 3.89. The molecule has 0 radical (unpaired) electrons. The molecule has 30 heavy (non-hydrogen) atoms. The number of allylic oxidation sites excluding steroid dienone is 3. The molecule has 1 atom stereocenters. The highest BCUT2D eigenvalue weighted by Gasteiger charge is 2.32. The maximum absolute atomic E-state index is 6.78. The number of aromatic nitrogens is 4. The summed E-state index contributed by atoms with van der Waals surface area (Å²) in [5.74, 6) is 2.77. The monoisotopic (exact) mass is 428 g/mol. The second-order valence-corrected chi connectivity index (χ2v) is 9.20. The smallest absolute Gasteiger partial charge is 0.160 e. The van der Waals surface area contributed by atoms with Crippen molar-refractivity contribution >= 4 is 23.2 Å². The Labute approximate surface area is 184 Å². The van der Waals surface area contributed by atoms with Crippen LogP contribution in [0.15, 0.2) is 34.9 Å². The van der Waals surface area contributed by atoms with Crippen molar-refractivity contribution in [3.8, 4) is 0 Å². The van der Waals surface area contributed by atoms with Crippen LogP contribution in [0.25, 0.3) is 0 Å². The van der Waals surface area contributed by atoms with Crippen molar-refractivity contribution in [2.24, 2.45) is 20.0 Å². The lowest BCUT2D eigenvalue weighted by Crippen LogP contribution is -2.32. The third-order valence-corrected chi connectivity index (χ3v) is 6.33. The van der Waals surface area contributed by atoms with Crippen LogP contribution in [-0.2, 0) is 27.1 Å². The number of imidazole rings is 1. The van der Waals surface area contributed by atoms with Gasteiger partial charge in [-0.3, -0.25) is 4.68 Å². The van der Waals surface area contributed by atoms with E-state index in [0.29, 0.717) is 5.92 Å². The summed E-state index contributed by atoms with van der Waals surface area (Å²) in [5.41, 5.74) is 4.83. The molecule has 1 aliphatic carbocycles. The molecule has 2 aromatic heterocycles. The van der Waals surface area contributed by atoms with Gasteiger partial charge in [0.25, 0.3) is 0 Å². The first kappa shape index (κ1) is 21.0. The molecular formula is C23H33ClN6. The average molecular weight is 429 g/mol. The van der Waals surface area contributed by atoms with Crippen LogP contribution in [0, 0.1) is 5.92 Å². The van der Waals surface area contributed by atoms with Crippen LogP contribution in [0.5, 0.6) is 0 Å². The fraction of sp³-hybridized carbons (Fsp3) is 0.565. The van der Waals surface area contributed by atoms with E-state index in [1.165, 1.54) is 17.0 Å². The molecule has 2 aliphatic rings. The molecule has 0 N–H and O–H groups in total. The zero-order valence-electron chi connectivity index (χ0n) is 18.8. The minimum absolute atomic E-state index is 0.489. The summed E-state index contributed by atoms with van der Waals surface area (Å²) < 4.78 is 4.06. The molecule has 0 saturated carbocycles. The van der Waals surface area contributed by atoms with E-state index < -0.39 is 0 Å². The van der Waals surface area contributed by atoms with Crippen molar-refractivity contribution in [2.45, 2.75) is 53.0 Å². The van der Waals surface area contributed by atoms with Crippen LogP contribution in [0.2, 0.25) is 0 Å². The molecule has 0 saturated heterocycles. The highest BCUT2D eigenvalue weighted by molar-refractivity contribution is 6.30. The molecule has 0 aromatic carbocycles. The summed E-state index contributed by atoms with van der Waals surface area (Å²) in [4.78, 5) is 9.34. The number of anilines is 2. The van der Waals surface area contributed by atoms with Crippen molar-refractivity contribution < 1.29 is 0 Å². The number of nitrogens with zero attached hydrogens (tertiary/aromatic N) is 6. The Bertz CT molecular complexity index is 982. The van der Waals surface area contributed by atoms with Crippen LogP contribution in [0.3, 0.4) is 0 Å². The molecule has 2 aromatic rings. The van der Waals surface area contributed by atoms with Gasteiger partial charge < -0.3 is 14.4 Å². The standard InChI is InChI=1S/C23H33ClN6/c1-6-9-29(14-18-13-27(4)15-25-18)23-19-8-7-10-30(22(19)26-28(23)5)21-17(3)11-16(2)12-20(21)24/h11,13,15-16H,6-10,12,14H2,1-5H3. The van der Waals surface area contributed by atoms with Gasteiger partial charge in [0, 0.05) is 44.0 Å². The lowest BCUT2D eigenvalue weighted by molar-refractivity contribution is 0.678. The van der Waals surface area contributed by atoms with Gasteiger partial charge in [-0.2, -0.15) is 5.10 Å². The summed E-state index contributed by atoms with van der Waals surface area (Å²) in [6.07, 6.45) is 10.4. The Morgan fingerprint density at radius 1 is 1.30 bits per heavy atom. The van der Waals surface area contributed by atoms with E-state index >= 15 is 0 Å². The third-order valence-electron chi connectivity index (χ3n) is 6.00. The van der Waals surface area contributed by atoms with Crippen LogP contribution < -0.4 is 9.80 Å². The SMILES string of the molecule is CCCN(Cc1cn(C)cn1)c1c2c(nn1C)N(C1=C(Cl)CC(C)C=C1C)CCC2. The lowest BCUT2D eigenvalue weighted by atomic mass is 9.94. The van der Waals surface area contributed by atoms with Crippen molar-refractivity contribution in [1.29, 1.82) is 0 Å². The Hall–Kier alpha value is -2.21. The van der Waals surface area contributed by atoms with Crippen LogP contribution in [0.4, 0.5) is 11.6 Å². The molecule has 0 fully saturated rings. The summed E-state index contributed by atoms with van der Waals surface area (Å²) in [6, 6.07) is 0. The first-order valence-corrected chi connectivity index (χ1v) is 11.4. The maximum Gasteiger partial charge on any atom is 0.160 e. The Morgan fingerprint density at radius 2 is 2.10 bits per heavy atom. The van der Waals surface area contributed by atoms with Crippen LogP contribution in [0.1, 0.15) is 51.3 Å². The highest BCUT2D eigenvalue weighted by atomic mass is 35.5. The quantitative estimate of drug-likeness (QED) is 0.665. The molecule has 3 heterocycles. The van der Waals surface area contributed by atoms with Gasteiger partial charge in [-0.15, -0.1) is 0 Å². The molecular weight excluding hydrogens is 396 g/mol. The summed E-state index contributed by atoms with van der Waals surface area (Å²) >= 11 is 6.78. The topological polar surface area (TPSA) is 42.1 Å². The first-order chi connectivity index (χ1) is 14.4. The predicted octanol–water partition coefficient (Wildman–Crippen LogP) is 4.76. The number of halogens is 1. The molecule has 0 bridgehead atoms. The zero-order valence-corrected chi connectivity index (χ0v) is 19.6. The highest BCUT2D eigenvalue weighted by Crippen LogP contribution is 2.41. The van der Waals surface area contributed by atoms with Crippen molar-refractivity contribution in [3.63, 3.8) is 0 Å². The summed E-state index contributed by atoms with van der Waals surface area (Å²) in [5, 5.41) is 5.96. The maximum atomic E-state index is 6.78. The molecule has 1 unspecified atom stereocenters. The molecule has 162 valence electrons. The number of fused-ring (bicyclic) bond motifs is 1. The van der Waals surface area contributed by atoms with Gasteiger partial charge in [-0.1, -0.05) is 31.5 Å². The molecule has 6 nitrogen and oxygen atoms in total. The van der Waals surface area contributed by atoms with Gasteiger partial charge in [0.05, 0.1) is 24.3 Å². The second kappa shape index (κ2) is 8.50.